The summed E-state index contributed by atoms with van der Waals surface area (Å²) in [6, 6.07) is 8.88. The number of alkyl halides is 7. The highest BCUT2D eigenvalue weighted by molar-refractivity contribution is 5.77. The van der Waals surface area contributed by atoms with E-state index in [1.807, 2.05) is 0 Å². The summed E-state index contributed by atoms with van der Waals surface area (Å²) in [5.74, 6) is -14.4. The van der Waals surface area contributed by atoms with Gasteiger partial charge in [0.15, 0.2) is 6.61 Å². The van der Waals surface area contributed by atoms with Crippen LogP contribution in [0.1, 0.15) is 18.4 Å². The normalized spacial score (nSPS) is 12.6. The van der Waals surface area contributed by atoms with E-state index in [0.717, 1.165) is 5.56 Å². The van der Waals surface area contributed by atoms with Gasteiger partial charge in [-0.25, -0.2) is 0 Å². The minimum atomic E-state index is -6.51. The van der Waals surface area contributed by atoms with Gasteiger partial charge in [-0.3, -0.25) is 9.59 Å². The number of hydrogen-bond donors (Lipinski definition) is 0. The molecular weight excluding hydrogens is 389 g/mol. The molecule has 0 amide bonds. The van der Waals surface area contributed by atoms with Crippen LogP contribution < -0.4 is 0 Å². The van der Waals surface area contributed by atoms with Gasteiger partial charge in [-0.1, -0.05) is 30.3 Å². The predicted octanol–water partition coefficient (Wildman–Crippen LogP) is 3.93. The van der Waals surface area contributed by atoms with Gasteiger partial charge in [0.05, 0.1) is 19.4 Å². The summed E-state index contributed by atoms with van der Waals surface area (Å²) >= 11 is 0. The zero-order valence-corrected chi connectivity index (χ0v) is 13.7. The fourth-order valence-electron chi connectivity index (χ4n) is 1.74. The summed E-state index contributed by atoms with van der Waals surface area (Å²) in [5, 5.41) is 0. The highest BCUT2D eigenvalue weighted by Crippen LogP contribution is 2.46. The van der Waals surface area contributed by atoms with Gasteiger partial charge < -0.3 is 9.47 Å². The highest BCUT2D eigenvalue weighted by Gasteiger charge is 2.73. The molecule has 4 nitrogen and oxygen atoms in total. The maximum absolute atomic E-state index is 12.9. The first-order valence-corrected chi connectivity index (χ1v) is 7.54. The van der Waals surface area contributed by atoms with E-state index >= 15 is 0 Å². The molecule has 0 aliphatic rings. The molecule has 0 atom stereocenters. The Balaban J connectivity index is 2.33. The number of ether oxygens (including phenoxy) is 2. The zero-order valence-electron chi connectivity index (χ0n) is 13.7. The van der Waals surface area contributed by atoms with Gasteiger partial charge in [0.25, 0.3) is 0 Å². The number of benzene rings is 1. The lowest BCUT2D eigenvalue weighted by Gasteiger charge is -2.27. The van der Waals surface area contributed by atoms with Crippen molar-refractivity contribution >= 4 is 11.9 Å². The molecule has 0 radical (unpaired) electrons. The summed E-state index contributed by atoms with van der Waals surface area (Å²) in [6.45, 7) is -2.49. The van der Waals surface area contributed by atoms with Gasteiger partial charge in [-0.2, -0.15) is 30.7 Å². The summed E-state index contributed by atoms with van der Waals surface area (Å²) in [5.41, 5.74) is 0.873. The molecule has 1 aromatic carbocycles. The molecule has 152 valence electrons. The van der Waals surface area contributed by atoms with E-state index < -0.39 is 49.4 Å². The van der Waals surface area contributed by atoms with Crippen molar-refractivity contribution in [3.63, 3.8) is 0 Å². The summed E-state index contributed by atoms with van der Waals surface area (Å²) < 4.78 is 95.4. The monoisotopic (exact) mass is 404 g/mol. The molecule has 0 N–H and O–H groups in total. The largest absolute Gasteiger partial charge is 0.465 e. The van der Waals surface area contributed by atoms with Crippen LogP contribution in [0, 0.1) is 0 Å². The Labute approximate surface area is 149 Å². The second kappa shape index (κ2) is 9.05. The van der Waals surface area contributed by atoms with E-state index in [4.69, 9.17) is 4.74 Å². The summed E-state index contributed by atoms with van der Waals surface area (Å²) in [4.78, 5) is 22.6. The molecule has 0 aromatic heterocycles. The lowest BCUT2D eigenvalue weighted by molar-refractivity contribution is -0.359. The van der Waals surface area contributed by atoms with E-state index in [9.17, 15) is 40.3 Å². The molecule has 0 spiro atoms. The van der Waals surface area contributed by atoms with Gasteiger partial charge in [-0.05, 0) is 5.56 Å². The molecule has 0 saturated heterocycles. The smallest absolute Gasteiger partial charge is 0.460 e. The van der Waals surface area contributed by atoms with Crippen LogP contribution in [0.5, 0.6) is 0 Å². The Morgan fingerprint density at radius 2 is 1.33 bits per heavy atom. The molecule has 0 saturated carbocycles. The van der Waals surface area contributed by atoms with Crippen LogP contribution in [0.25, 0.3) is 0 Å². The molecule has 0 fully saturated rings. The van der Waals surface area contributed by atoms with E-state index in [1.54, 1.807) is 30.3 Å². The van der Waals surface area contributed by atoms with Gasteiger partial charge in [0.1, 0.15) is 0 Å². The molecule has 0 bridgehead atoms. The fourth-order valence-corrected chi connectivity index (χ4v) is 1.74. The van der Waals surface area contributed by atoms with Crippen molar-refractivity contribution in [2.75, 3.05) is 13.2 Å². The number of halogens is 7. The third-order valence-electron chi connectivity index (χ3n) is 3.26. The van der Waals surface area contributed by atoms with Crippen molar-refractivity contribution in [2.24, 2.45) is 0 Å². The molecule has 27 heavy (non-hydrogen) atoms. The minimum absolute atomic E-state index is 0.0201. The van der Waals surface area contributed by atoms with Crippen LogP contribution in [-0.2, 0) is 25.5 Å². The molecule has 0 aliphatic carbocycles. The number of esters is 2. The van der Waals surface area contributed by atoms with Crippen molar-refractivity contribution in [1.82, 2.24) is 0 Å². The van der Waals surface area contributed by atoms with Crippen LogP contribution in [0.3, 0.4) is 0 Å². The average molecular weight is 404 g/mol. The van der Waals surface area contributed by atoms with E-state index in [2.05, 4.69) is 4.74 Å². The molecule has 11 heteroatoms. The number of carbonyl (C=O) groups excluding carboxylic acids is 2. The van der Waals surface area contributed by atoms with E-state index in [0.29, 0.717) is 6.42 Å². The Hall–Kier alpha value is -2.33. The lowest BCUT2D eigenvalue weighted by atomic mass is 10.2. The third kappa shape index (κ3) is 6.72. The summed E-state index contributed by atoms with van der Waals surface area (Å²) in [7, 11) is 0. The van der Waals surface area contributed by atoms with E-state index in [-0.39, 0.29) is 6.61 Å². The van der Waals surface area contributed by atoms with Crippen molar-refractivity contribution in [1.29, 1.82) is 0 Å². The molecule has 1 aromatic rings. The Morgan fingerprint density at radius 3 is 1.85 bits per heavy atom. The van der Waals surface area contributed by atoms with Gasteiger partial charge in [0, 0.05) is 6.42 Å². The topological polar surface area (TPSA) is 52.6 Å². The second-order valence-corrected chi connectivity index (χ2v) is 5.39. The lowest BCUT2D eigenvalue weighted by Crippen LogP contribution is -2.54. The van der Waals surface area contributed by atoms with Crippen molar-refractivity contribution in [3.05, 3.63) is 35.9 Å². The van der Waals surface area contributed by atoms with E-state index in [1.165, 1.54) is 0 Å². The number of carbonyl (C=O) groups is 2. The Bertz CT molecular complexity index is 629. The van der Waals surface area contributed by atoms with Crippen LogP contribution >= 0.6 is 0 Å². The van der Waals surface area contributed by atoms with Gasteiger partial charge in [-0.15, -0.1) is 0 Å². The van der Waals surface area contributed by atoms with Crippen LogP contribution in [0.4, 0.5) is 30.7 Å². The van der Waals surface area contributed by atoms with Crippen molar-refractivity contribution in [3.8, 4) is 0 Å². The first-order valence-electron chi connectivity index (χ1n) is 7.54. The first-order chi connectivity index (χ1) is 12.4. The van der Waals surface area contributed by atoms with Gasteiger partial charge in [0.2, 0.25) is 0 Å². The fraction of sp³-hybridized carbons (Fsp3) is 0.500. The highest BCUT2D eigenvalue weighted by atomic mass is 19.4. The quantitative estimate of drug-likeness (QED) is 0.462. The number of rotatable bonds is 9. The second-order valence-electron chi connectivity index (χ2n) is 5.39. The van der Waals surface area contributed by atoms with Crippen molar-refractivity contribution < 1.29 is 49.8 Å². The Morgan fingerprint density at radius 1 is 0.815 bits per heavy atom. The minimum Gasteiger partial charge on any atom is -0.465 e. The van der Waals surface area contributed by atoms with Crippen molar-refractivity contribution in [2.45, 2.75) is 37.3 Å². The molecule has 0 heterocycles. The van der Waals surface area contributed by atoms with Crippen LogP contribution in [0.2, 0.25) is 0 Å². The zero-order chi connectivity index (χ0) is 20.7. The predicted molar refractivity (Wildman–Crippen MR) is 77.2 cm³/mol. The number of hydrogen-bond acceptors (Lipinski definition) is 4. The standard InChI is InChI=1S/C16H15F7O4/c17-14(18,15(19,20)16(21,22)23)10-27-13(25)7-6-12(24)26-9-8-11-4-2-1-3-5-11/h1-5H,6-10H2. The third-order valence-corrected chi connectivity index (χ3v) is 3.26. The summed E-state index contributed by atoms with van der Waals surface area (Å²) in [6.07, 6.45) is -7.53. The molecule has 1 rings (SSSR count). The maximum atomic E-state index is 12.9. The van der Waals surface area contributed by atoms with Crippen LogP contribution in [0.15, 0.2) is 30.3 Å². The Kier molecular flexibility index (Phi) is 7.61. The molecule has 0 aliphatic heterocycles. The van der Waals surface area contributed by atoms with Crippen LogP contribution in [-0.4, -0.2) is 43.2 Å². The molecule has 0 unspecified atom stereocenters. The SMILES string of the molecule is O=C(CCC(=O)OCC(F)(F)C(F)(F)C(F)(F)F)OCCc1ccccc1. The maximum Gasteiger partial charge on any atom is 0.460 e. The van der Waals surface area contributed by atoms with Gasteiger partial charge >= 0.3 is 30.0 Å². The first kappa shape index (κ1) is 22.7. The molecular formula is C16H15F7O4. The average Bonchev–Trinajstić information content (AvgIpc) is 2.58.